The molecule has 4 aliphatic heterocycles. The summed E-state index contributed by atoms with van der Waals surface area (Å²) in [7, 11) is 0. The fourth-order valence-electron chi connectivity index (χ4n) is 8.86. The van der Waals surface area contributed by atoms with Crippen molar-refractivity contribution in [2.24, 2.45) is 0 Å². The lowest BCUT2D eigenvalue weighted by Crippen LogP contribution is -2.65. The summed E-state index contributed by atoms with van der Waals surface area (Å²) in [6.07, 6.45) is -36.0. The topological polar surface area (TPSA) is 474 Å². The third kappa shape index (κ3) is 11.8. The molecule has 0 radical (unpaired) electrons. The van der Waals surface area contributed by atoms with E-state index in [4.69, 9.17) is 47.0 Å². The van der Waals surface area contributed by atoms with Gasteiger partial charge in [0.05, 0.1) is 26.4 Å². The first-order valence-corrected chi connectivity index (χ1v) is 23.5. The zero-order valence-electron chi connectivity index (χ0n) is 39.7. The summed E-state index contributed by atoms with van der Waals surface area (Å²) in [5.41, 5.74) is -1.51. The fraction of sp³-hybridized carbons (Fsp3) is 0.500. The number of ether oxygens (including phenoxy) is 9. The van der Waals surface area contributed by atoms with E-state index in [-0.39, 0.29) is 16.9 Å². The molecule has 77 heavy (non-hydrogen) atoms. The number of phenolic OH excluding ortho intramolecular Hbond substituents is 4. The van der Waals surface area contributed by atoms with E-state index in [0.717, 1.165) is 36.4 Å². The summed E-state index contributed by atoms with van der Waals surface area (Å²) in [6, 6.07) is 10.2. The minimum absolute atomic E-state index is 0.0263. The molecule has 422 valence electrons. The van der Waals surface area contributed by atoms with E-state index in [0.29, 0.717) is 0 Å². The highest BCUT2D eigenvalue weighted by molar-refractivity contribution is 5.89. The maximum Gasteiger partial charge on any atom is 0.331 e. The van der Waals surface area contributed by atoms with Crippen molar-refractivity contribution in [3.05, 3.63) is 76.5 Å². The van der Waals surface area contributed by atoms with Crippen molar-refractivity contribution in [3.8, 4) is 45.8 Å². The van der Waals surface area contributed by atoms with Crippen LogP contribution in [0.2, 0.25) is 0 Å². The van der Waals surface area contributed by atoms with E-state index in [1.54, 1.807) is 0 Å². The number of aliphatic hydroxyl groups is 13. The molecule has 3 aromatic carbocycles. The van der Waals surface area contributed by atoms with E-state index in [1.807, 2.05) is 0 Å². The second-order valence-corrected chi connectivity index (χ2v) is 18.2. The molecule has 20 atom stereocenters. The molecular weight excluding hydrogens is 1040 g/mol. The van der Waals surface area contributed by atoms with Gasteiger partial charge in [0.15, 0.2) is 42.0 Å². The number of benzene rings is 3. The first kappa shape index (κ1) is 57.3. The molecule has 0 aliphatic carbocycles. The number of rotatable bonds is 16. The second kappa shape index (κ2) is 24.0. The molecule has 0 saturated carbocycles. The molecule has 5 heterocycles. The number of hydrogen-bond donors (Lipinski definition) is 17. The smallest absolute Gasteiger partial charge is 0.331 e. The molecule has 0 spiro atoms. The number of carbonyl (C=O) groups excluding carboxylic acids is 1. The zero-order chi connectivity index (χ0) is 55.7. The number of carbonyl (C=O) groups is 1. The summed E-state index contributed by atoms with van der Waals surface area (Å²) >= 11 is 0. The Balaban J connectivity index is 1.10. The molecule has 8 rings (SSSR count). The largest absolute Gasteiger partial charge is 0.508 e. The van der Waals surface area contributed by atoms with E-state index in [9.17, 15) is 96.4 Å². The van der Waals surface area contributed by atoms with Crippen LogP contribution in [-0.4, -0.2) is 242 Å². The fourth-order valence-corrected chi connectivity index (χ4v) is 8.86. The van der Waals surface area contributed by atoms with E-state index in [2.05, 4.69) is 0 Å². The van der Waals surface area contributed by atoms with Gasteiger partial charge in [-0.2, -0.15) is 0 Å². The average Bonchev–Trinajstić information content (AvgIpc) is 3.41. The highest BCUT2D eigenvalue weighted by Gasteiger charge is 2.54. The Morgan fingerprint density at radius 1 is 0.519 bits per heavy atom. The van der Waals surface area contributed by atoms with Crippen molar-refractivity contribution in [1.82, 2.24) is 0 Å². The number of phenols is 4. The van der Waals surface area contributed by atoms with E-state index < -0.39 is 206 Å². The molecule has 17 N–H and O–H groups in total. The lowest BCUT2D eigenvalue weighted by molar-refractivity contribution is -0.358. The lowest BCUT2D eigenvalue weighted by atomic mass is 9.97. The molecule has 4 aromatic rings. The molecule has 4 saturated heterocycles. The van der Waals surface area contributed by atoms with Crippen molar-refractivity contribution >= 4 is 23.0 Å². The van der Waals surface area contributed by atoms with Crippen molar-refractivity contribution in [1.29, 1.82) is 0 Å². The van der Waals surface area contributed by atoms with Gasteiger partial charge in [-0.25, -0.2) is 4.79 Å². The van der Waals surface area contributed by atoms with Crippen LogP contribution in [0.5, 0.6) is 34.5 Å². The predicted molar refractivity (Wildman–Crippen MR) is 248 cm³/mol. The standard InChI is InChI=1S/C48H56O29/c49-12-24-30(58)34(62)38(66)46(70-24)75-41-27(15-52)73-45(39(67)37(41)65)68-19-10-22(56)29-23(11-19)69-40(17-3-5-18(53)6-4-17)42(33(29)61)76-48-44(36(64)32(60)26(14-51)72-48)77-47-43(35(63)31(59)25(13-50)71-47)74-28(57)8-2-16-1-7-20(54)21(55)9-16/h1-11,24-27,30-32,34-39,41,43-56,58-60,62-67H,12-15H2. The van der Waals surface area contributed by atoms with Gasteiger partial charge in [-0.05, 0) is 48.0 Å². The van der Waals surface area contributed by atoms with Crippen LogP contribution < -0.4 is 14.9 Å². The second-order valence-electron chi connectivity index (χ2n) is 18.2. The summed E-state index contributed by atoms with van der Waals surface area (Å²) in [4.78, 5) is 27.8. The van der Waals surface area contributed by atoms with Crippen LogP contribution in [0.3, 0.4) is 0 Å². The van der Waals surface area contributed by atoms with Gasteiger partial charge >= 0.3 is 5.97 Å². The SMILES string of the molecule is O=C(C=Cc1ccc(O)c(O)c1)OC1C(OC2C(Oc3c(-c4ccc(O)cc4)oc4cc(OC5OC(CO)C(OC6OC(CO)C(O)C(O)C6O)C(O)C5O)cc(O)c4c3=O)OC(CO)C(O)C2O)OC(CO)C(O)C1O. The third-order valence-electron chi connectivity index (χ3n) is 13.1. The minimum Gasteiger partial charge on any atom is -0.508 e. The number of hydrogen-bond acceptors (Lipinski definition) is 29. The van der Waals surface area contributed by atoms with Gasteiger partial charge in [-0.15, -0.1) is 0 Å². The third-order valence-corrected chi connectivity index (χ3v) is 13.1. The monoisotopic (exact) mass is 1100 g/mol. The molecule has 29 nitrogen and oxygen atoms in total. The van der Waals surface area contributed by atoms with Gasteiger partial charge in [0.25, 0.3) is 0 Å². The minimum atomic E-state index is -2.17. The maximum absolute atomic E-state index is 14.7. The Hall–Kier alpha value is -5.88. The first-order chi connectivity index (χ1) is 36.7. The Bertz CT molecular complexity index is 2750. The highest BCUT2D eigenvalue weighted by Crippen LogP contribution is 2.40. The van der Waals surface area contributed by atoms with Crippen LogP contribution in [0.4, 0.5) is 0 Å². The van der Waals surface area contributed by atoms with Crippen molar-refractivity contribution in [3.63, 3.8) is 0 Å². The Morgan fingerprint density at radius 3 is 1.69 bits per heavy atom. The number of aliphatic hydroxyl groups excluding tert-OH is 13. The normalized spacial score (nSPS) is 35.7. The Morgan fingerprint density at radius 2 is 1.06 bits per heavy atom. The molecule has 4 aliphatic rings. The molecule has 1 aromatic heterocycles. The van der Waals surface area contributed by atoms with E-state index >= 15 is 0 Å². The highest BCUT2D eigenvalue weighted by atomic mass is 16.8. The van der Waals surface area contributed by atoms with Gasteiger partial charge in [0.1, 0.15) is 114 Å². The molecule has 29 heteroatoms. The van der Waals surface area contributed by atoms with E-state index in [1.165, 1.54) is 30.3 Å². The van der Waals surface area contributed by atoms with Crippen LogP contribution in [0, 0.1) is 0 Å². The Labute approximate surface area is 432 Å². The van der Waals surface area contributed by atoms with Crippen LogP contribution >= 0.6 is 0 Å². The summed E-state index contributed by atoms with van der Waals surface area (Å²) in [5.74, 6) is -5.12. The molecule has 0 bridgehead atoms. The number of esters is 1. The molecule has 20 unspecified atom stereocenters. The summed E-state index contributed by atoms with van der Waals surface area (Å²) < 4.78 is 57.5. The zero-order valence-corrected chi connectivity index (χ0v) is 39.7. The summed E-state index contributed by atoms with van der Waals surface area (Å²) in [5, 5.41) is 178. The number of fused-ring (bicyclic) bond motifs is 1. The van der Waals surface area contributed by atoms with Crippen LogP contribution in [0.25, 0.3) is 28.4 Å². The van der Waals surface area contributed by atoms with Gasteiger partial charge in [-0.1, -0.05) is 6.07 Å². The molecular formula is C48H56O29. The van der Waals surface area contributed by atoms with Crippen molar-refractivity contribution in [2.45, 2.75) is 123 Å². The Kier molecular flexibility index (Phi) is 17.9. The lowest BCUT2D eigenvalue weighted by Gasteiger charge is -2.46. The predicted octanol–water partition coefficient (Wildman–Crippen LogP) is -5.45. The quantitative estimate of drug-likeness (QED) is 0.0283. The first-order valence-electron chi connectivity index (χ1n) is 23.5. The van der Waals surface area contributed by atoms with Gasteiger partial charge in [0, 0.05) is 23.8 Å². The van der Waals surface area contributed by atoms with Gasteiger partial charge in [0.2, 0.25) is 23.8 Å². The molecule has 0 amide bonds. The average molecular weight is 1100 g/mol. The number of aromatic hydroxyl groups is 4. The van der Waals surface area contributed by atoms with Crippen molar-refractivity contribution < 1.29 is 139 Å². The van der Waals surface area contributed by atoms with Crippen LogP contribution in [0.15, 0.2) is 69.9 Å². The molecule has 4 fully saturated rings. The van der Waals surface area contributed by atoms with Crippen molar-refractivity contribution in [2.75, 3.05) is 26.4 Å². The van der Waals surface area contributed by atoms with Gasteiger partial charge < -0.3 is 134 Å². The van der Waals surface area contributed by atoms with Crippen LogP contribution in [-0.2, 0) is 38.0 Å². The summed E-state index contributed by atoms with van der Waals surface area (Å²) in [6.45, 7) is -3.71. The van der Waals surface area contributed by atoms with Gasteiger partial charge in [-0.3, -0.25) is 4.79 Å². The van der Waals surface area contributed by atoms with Crippen LogP contribution in [0.1, 0.15) is 5.56 Å². The maximum atomic E-state index is 14.7.